The van der Waals surface area contributed by atoms with E-state index >= 15 is 0 Å². The predicted molar refractivity (Wildman–Crippen MR) is 94.6 cm³/mol. The molecule has 0 fully saturated rings. The van der Waals surface area contributed by atoms with E-state index in [4.69, 9.17) is 5.26 Å². The summed E-state index contributed by atoms with van der Waals surface area (Å²) in [6.45, 7) is 3.27. The molecule has 0 N–H and O–H groups in total. The van der Waals surface area contributed by atoms with Crippen LogP contribution in [0.1, 0.15) is 46.2 Å². The highest BCUT2D eigenvalue weighted by Crippen LogP contribution is 2.48. The Morgan fingerprint density at radius 1 is 1.31 bits per heavy atom. The second kappa shape index (κ2) is 6.98. The van der Waals surface area contributed by atoms with E-state index in [1.54, 1.807) is 18.2 Å². The summed E-state index contributed by atoms with van der Waals surface area (Å²) in [7, 11) is 0. The fourth-order valence-electron chi connectivity index (χ4n) is 3.64. The van der Waals surface area contributed by atoms with Gasteiger partial charge in [-0.05, 0) is 53.8 Å². The molecule has 2 nitrogen and oxygen atoms in total. The van der Waals surface area contributed by atoms with Gasteiger partial charge in [0, 0.05) is 23.2 Å². The molecule has 1 aliphatic carbocycles. The number of benzene rings is 2. The second-order valence-corrected chi connectivity index (χ2v) is 8.07. The van der Waals surface area contributed by atoms with Gasteiger partial charge in [-0.1, -0.05) is 19.1 Å². The molecule has 1 aliphatic rings. The summed E-state index contributed by atoms with van der Waals surface area (Å²) < 4.78 is 53.6. The van der Waals surface area contributed by atoms with Crippen LogP contribution in [0.2, 0.25) is 0 Å². The standard InChI is InChI=1S/C20H18F3NOS/c1-12-5-14(7-15(6-12)10-24)8-16-3-4-18(26(25)11-21)19-13(2)20(22,23)9-17(16)19/h3-7,13H,8-9,11H2,1-2H3/t13-,26?/m0/s1. The van der Waals surface area contributed by atoms with Crippen LogP contribution in [0.3, 0.4) is 0 Å². The van der Waals surface area contributed by atoms with Gasteiger partial charge >= 0.3 is 0 Å². The van der Waals surface area contributed by atoms with Crippen LogP contribution in [0, 0.1) is 18.3 Å². The predicted octanol–water partition coefficient (Wildman–Crippen LogP) is 4.79. The van der Waals surface area contributed by atoms with Crippen molar-refractivity contribution in [2.75, 3.05) is 6.01 Å². The number of nitriles is 1. The van der Waals surface area contributed by atoms with E-state index in [2.05, 4.69) is 6.07 Å². The lowest BCUT2D eigenvalue weighted by molar-refractivity contribution is -0.0103. The van der Waals surface area contributed by atoms with Crippen molar-refractivity contribution in [1.29, 1.82) is 5.26 Å². The summed E-state index contributed by atoms with van der Waals surface area (Å²) in [5.74, 6) is -4.05. The molecule has 1 unspecified atom stereocenters. The maximum atomic E-state index is 14.3. The number of alkyl halides is 3. The first-order chi connectivity index (χ1) is 12.3. The van der Waals surface area contributed by atoms with Gasteiger partial charge in [-0.15, -0.1) is 0 Å². The number of nitrogens with zero attached hydrogens (tertiary/aromatic N) is 1. The molecule has 3 rings (SSSR count). The van der Waals surface area contributed by atoms with Crippen molar-refractivity contribution in [1.82, 2.24) is 0 Å². The molecule has 0 radical (unpaired) electrons. The van der Waals surface area contributed by atoms with Gasteiger partial charge < -0.3 is 4.55 Å². The molecule has 2 aromatic carbocycles. The van der Waals surface area contributed by atoms with E-state index in [9.17, 15) is 17.7 Å². The fraction of sp³-hybridized carbons (Fsp3) is 0.350. The van der Waals surface area contributed by atoms with Crippen molar-refractivity contribution in [3.05, 3.63) is 63.7 Å². The number of hydrogen-bond acceptors (Lipinski definition) is 2. The van der Waals surface area contributed by atoms with Gasteiger partial charge in [-0.3, -0.25) is 0 Å². The Hall–Kier alpha value is -1.97. The minimum absolute atomic E-state index is 0.165. The number of aryl methyl sites for hydroxylation is 1. The number of fused-ring (bicyclic) bond motifs is 1. The third-order valence-electron chi connectivity index (χ3n) is 4.90. The van der Waals surface area contributed by atoms with Crippen molar-refractivity contribution in [2.24, 2.45) is 0 Å². The SMILES string of the molecule is Cc1cc(C#N)cc(Cc2ccc([S+]([O-])CF)c3c2CC(F)(F)[C@H]3C)c1. The van der Waals surface area contributed by atoms with E-state index in [1.807, 2.05) is 13.0 Å². The zero-order valence-electron chi connectivity index (χ0n) is 14.5. The fourth-order valence-corrected chi connectivity index (χ4v) is 4.53. The molecule has 0 aromatic heterocycles. The molecular weight excluding hydrogens is 359 g/mol. The summed E-state index contributed by atoms with van der Waals surface area (Å²) in [6, 6.07) is 9.58. The van der Waals surface area contributed by atoms with Crippen LogP contribution in [-0.4, -0.2) is 16.5 Å². The van der Waals surface area contributed by atoms with Gasteiger partial charge in [-0.2, -0.15) is 9.65 Å². The van der Waals surface area contributed by atoms with E-state index in [-0.39, 0.29) is 4.90 Å². The molecule has 0 spiro atoms. The molecule has 0 heterocycles. The highest BCUT2D eigenvalue weighted by molar-refractivity contribution is 7.91. The first-order valence-electron chi connectivity index (χ1n) is 8.24. The van der Waals surface area contributed by atoms with E-state index in [0.717, 1.165) is 11.1 Å². The molecule has 0 amide bonds. The van der Waals surface area contributed by atoms with Gasteiger partial charge in [0.1, 0.15) is 0 Å². The van der Waals surface area contributed by atoms with Crippen LogP contribution in [0.5, 0.6) is 0 Å². The zero-order valence-corrected chi connectivity index (χ0v) is 15.3. The molecule has 2 aromatic rings. The van der Waals surface area contributed by atoms with Crippen molar-refractivity contribution in [2.45, 2.75) is 43.4 Å². The Labute approximate surface area is 153 Å². The number of hydrogen-bond donors (Lipinski definition) is 0. The average molecular weight is 377 g/mol. The maximum absolute atomic E-state index is 14.3. The third-order valence-corrected chi connectivity index (χ3v) is 5.94. The Kier molecular flexibility index (Phi) is 5.05. The van der Waals surface area contributed by atoms with Gasteiger partial charge in [-0.25, -0.2) is 8.78 Å². The molecule has 26 heavy (non-hydrogen) atoms. The molecule has 136 valence electrons. The number of halogens is 3. The van der Waals surface area contributed by atoms with Crippen LogP contribution >= 0.6 is 0 Å². The van der Waals surface area contributed by atoms with Gasteiger partial charge in [0.25, 0.3) is 5.92 Å². The van der Waals surface area contributed by atoms with Crippen molar-refractivity contribution >= 4 is 11.2 Å². The van der Waals surface area contributed by atoms with Crippen LogP contribution in [0.4, 0.5) is 13.2 Å². The second-order valence-electron chi connectivity index (χ2n) is 6.73. The lowest BCUT2D eigenvalue weighted by atomic mass is 9.94. The lowest BCUT2D eigenvalue weighted by Gasteiger charge is -2.17. The van der Waals surface area contributed by atoms with E-state index in [1.165, 1.54) is 13.0 Å². The minimum Gasteiger partial charge on any atom is -0.609 e. The zero-order chi connectivity index (χ0) is 19.1. The molecule has 0 bridgehead atoms. The van der Waals surface area contributed by atoms with E-state index < -0.39 is 35.4 Å². The summed E-state index contributed by atoms with van der Waals surface area (Å²) in [5.41, 5.74) is 3.78. The quantitative estimate of drug-likeness (QED) is 0.720. The van der Waals surface area contributed by atoms with Crippen molar-refractivity contribution in [3.63, 3.8) is 0 Å². The van der Waals surface area contributed by atoms with Gasteiger partial charge in [0.2, 0.25) is 6.01 Å². The highest BCUT2D eigenvalue weighted by Gasteiger charge is 2.48. The molecule has 2 atom stereocenters. The van der Waals surface area contributed by atoms with E-state index in [0.29, 0.717) is 28.7 Å². The van der Waals surface area contributed by atoms with Gasteiger partial charge in [0.15, 0.2) is 4.90 Å². The van der Waals surface area contributed by atoms with Crippen LogP contribution < -0.4 is 0 Å². The number of rotatable bonds is 4. The van der Waals surface area contributed by atoms with Crippen LogP contribution in [0.25, 0.3) is 0 Å². The highest BCUT2D eigenvalue weighted by atomic mass is 32.2. The molecule has 6 heteroatoms. The Morgan fingerprint density at radius 2 is 2.04 bits per heavy atom. The molecule has 0 saturated heterocycles. The van der Waals surface area contributed by atoms with Gasteiger partial charge in [0.05, 0.1) is 17.6 Å². The molecular formula is C20H18F3NOS. The van der Waals surface area contributed by atoms with Crippen molar-refractivity contribution in [3.8, 4) is 6.07 Å². The largest absolute Gasteiger partial charge is 0.609 e. The first kappa shape index (κ1) is 18.8. The smallest absolute Gasteiger partial charge is 0.258 e. The maximum Gasteiger partial charge on any atom is 0.258 e. The summed E-state index contributed by atoms with van der Waals surface area (Å²) >= 11 is -1.93. The monoisotopic (exact) mass is 377 g/mol. The third kappa shape index (κ3) is 3.34. The summed E-state index contributed by atoms with van der Waals surface area (Å²) in [4.78, 5) is 0.165. The lowest BCUT2D eigenvalue weighted by Crippen LogP contribution is -2.20. The molecule has 0 saturated carbocycles. The summed E-state index contributed by atoms with van der Waals surface area (Å²) in [5, 5.41) is 9.12. The first-order valence-corrected chi connectivity index (χ1v) is 9.56. The van der Waals surface area contributed by atoms with Crippen LogP contribution in [-0.2, 0) is 24.0 Å². The minimum atomic E-state index is -2.95. The Balaban J connectivity index is 2.08. The summed E-state index contributed by atoms with van der Waals surface area (Å²) in [6.07, 6.45) is -0.0445. The Morgan fingerprint density at radius 3 is 2.69 bits per heavy atom. The normalized spacial score (nSPS) is 19.0. The van der Waals surface area contributed by atoms with Crippen LogP contribution in [0.15, 0.2) is 35.2 Å². The molecule has 0 aliphatic heterocycles. The Bertz CT molecular complexity index is 891. The topological polar surface area (TPSA) is 46.8 Å². The van der Waals surface area contributed by atoms with Crippen molar-refractivity contribution < 1.29 is 17.7 Å². The average Bonchev–Trinajstić information content (AvgIpc) is 2.84.